The molecule has 4 nitrogen and oxygen atoms in total. The fourth-order valence-corrected chi connectivity index (χ4v) is 3.06. The number of nitrogens with one attached hydrogen (secondary N) is 2. The number of ether oxygens (including phenoxy) is 1. The molecule has 1 atom stereocenters. The Labute approximate surface area is 134 Å². The lowest BCUT2D eigenvalue weighted by atomic mass is 10.0. The van der Waals surface area contributed by atoms with Crippen LogP contribution < -0.4 is 15.4 Å². The highest BCUT2D eigenvalue weighted by atomic mass is 79.9. The zero-order chi connectivity index (χ0) is 15.4. The first-order valence-corrected chi connectivity index (χ1v) is 7.62. The van der Waals surface area contributed by atoms with E-state index in [4.69, 9.17) is 11.6 Å². The molecule has 0 saturated carbocycles. The highest BCUT2D eigenvalue weighted by Crippen LogP contribution is 2.37. The highest BCUT2D eigenvalue weighted by molar-refractivity contribution is 9.10. The molecule has 1 unspecified atom stereocenters. The van der Waals surface area contributed by atoms with Crippen LogP contribution in [0.1, 0.15) is 19.3 Å². The standard InChI is InChI=1S/C13H14BrClF2N2O2/c14-8-5-7(15)6-10(11(8)21-13(16)17)19-12(20)9-3-1-2-4-18-9/h5-6,9,13,18H,1-4H2,(H,19,20). The third-order valence-corrected chi connectivity index (χ3v) is 3.91. The summed E-state index contributed by atoms with van der Waals surface area (Å²) in [6.45, 7) is -2.23. The maximum atomic E-state index is 12.5. The van der Waals surface area contributed by atoms with Crippen LogP contribution in [0.3, 0.4) is 0 Å². The molecule has 0 spiro atoms. The monoisotopic (exact) mass is 382 g/mol. The molecule has 1 heterocycles. The lowest BCUT2D eigenvalue weighted by molar-refractivity contribution is -0.118. The summed E-state index contributed by atoms with van der Waals surface area (Å²) in [6.07, 6.45) is 2.68. The van der Waals surface area contributed by atoms with Gasteiger partial charge in [-0.15, -0.1) is 0 Å². The van der Waals surface area contributed by atoms with E-state index in [1.807, 2.05) is 0 Å². The predicted molar refractivity (Wildman–Crippen MR) is 80.1 cm³/mol. The molecule has 0 aliphatic carbocycles. The molecule has 21 heavy (non-hydrogen) atoms. The molecule has 116 valence electrons. The summed E-state index contributed by atoms with van der Waals surface area (Å²) in [7, 11) is 0. The van der Waals surface area contributed by atoms with Crippen LogP contribution in [0.25, 0.3) is 0 Å². The Bertz CT molecular complexity index is 525. The van der Waals surface area contributed by atoms with Crippen molar-refractivity contribution in [3.05, 3.63) is 21.6 Å². The molecule has 1 aliphatic rings. The molecule has 2 rings (SSSR count). The summed E-state index contributed by atoms with van der Waals surface area (Å²) in [5.74, 6) is -0.429. The van der Waals surface area contributed by atoms with E-state index in [0.717, 1.165) is 19.4 Å². The largest absolute Gasteiger partial charge is 0.431 e. The Morgan fingerprint density at radius 1 is 1.48 bits per heavy atom. The number of piperidine rings is 1. The number of alkyl halides is 2. The second-order valence-corrected chi connectivity index (χ2v) is 5.93. The van der Waals surface area contributed by atoms with Gasteiger partial charge in [0.25, 0.3) is 0 Å². The van der Waals surface area contributed by atoms with Gasteiger partial charge in [0, 0.05) is 5.02 Å². The van der Waals surface area contributed by atoms with Crippen molar-refractivity contribution in [3.63, 3.8) is 0 Å². The molecule has 2 N–H and O–H groups in total. The SMILES string of the molecule is O=C(Nc1cc(Cl)cc(Br)c1OC(F)F)C1CCCCN1. The summed E-state index contributed by atoms with van der Waals surface area (Å²) in [4.78, 5) is 12.2. The lowest BCUT2D eigenvalue weighted by Gasteiger charge is -2.23. The van der Waals surface area contributed by atoms with Crippen molar-refractivity contribution < 1.29 is 18.3 Å². The summed E-state index contributed by atoms with van der Waals surface area (Å²) in [5, 5.41) is 5.98. The van der Waals surface area contributed by atoms with Crippen LogP contribution in [0.5, 0.6) is 5.75 Å². The molecule has 0 radical (unpaired) electrons. The zero-order valence-corrected chi connectivity index (χ0v) is 13.3. The van der Waals surface area contributed by atoms with Crippen molar-refractivity contribution in [2.24, 2.45) is 0 Å². The molecular weight excluding hydrogens is 370 g/mol. The highest BCUT2D eigenvalue weighted by Gasteiger charge is 2.23. The molecule has 1 aromatic rings. The molecular formula is C13H14BrClF2N2O2. The van der Waals surface area contributed by atoms with Crippen LogP contribution in [0.15, 0.2) is 16.6 Å². The first-order chi connectivity index (χ1) is 9.97. The van der Waals surface area contributed by atoms with E-state index in [-0.39, 0.29) is 27.9 Å². The van der Waals surface area contributed by atoms with Gasteiger partial charge >= 0.3 is 6.61 Å². The van der Waals surface area contributed by atoms with Crippen molar-refractivity contribution in [2.45, 2.75) is 31.9 Å². The Hall–Kier alpha value is -0.920. The van der Waals surface area contributed by atoms with Crippen LogP contribution in [0.2, 0.25) is 5.02 Å². The summed E-state index contributed by atoms with van der Waals surface area (Å²) >= 11 is 8.99. The molecule has 1 aromatic carbocycles. The zero-order valence-electron chi connectivity index (χ0n) is 11.0. The van der Waals surface area contributed by atoms with Crippen molar-refractivity contribution >= 4 is 39.1 Å². The maximum Gasteiger partial charge on any atom is 0.387 e. The van der Waals surface area contributed by atoms with Gasteiger partial charge in [-0.05, 0) is 47.4 Å². The minimum atomic E-state index is -2.99. The maximum absolute atomic E-state index is 12.5. The molecule has 1 saturated heterocycles. The van der Waals surface area contributed by atoms with Gasteiger partial charge in [-0.25, -0.2) is 0 Å². The number of amides is 1. The Kier molecular flexibility index (Phi) is 5.78. The van der Waals surface area contributed by atoms with Gasteiger partial charge in [-0.2, -0.15) is 8.78 Å². The predicted octanol–water partition coefficient (Wildman–Crippen LogP) is 3.78. The first kappa shape index (κ1) is 16.5. The van der Waals surface area contributed by atoms with Crippen LogP contribution >= 0.6 is 27.5 Å². The third kappa shape index (κ3) is 4.52. The Balaban J connectivity index is 2.19. The Morgan fingerprint density at radius 2 is 2.24 bits per heavy atom. The number of hydrogen-bond donors (Lipinski definition) is 2. The lowest BCUT2D eigenvalue weighted by Crippen LogP contribution is -2.43. The molecule has 1 aliphatic heterocycles. The molecule has 0 bridgehead atoms. The van der Waals surface area contributed by atoms with Gasteiger partial charge in [0.2, 0.25) is 5.91 Å². The van der Waals surface area contributed by atoms with Gasteiger partial charge in [-0.1, -0.05) is 18.0 Å². The summed E-state index contributed by atoms with van der Waals surface area (Å²) in [5.41, 5.74) is 0.118. The minimum Gasteiger partial charge on any atom is -0.431 e. The van der Waals surface area contributed by atoms with Crippen LogP contribution in [-0.4, -0.2) is 25.1 Å². The van der Waals surface area contributed by atoms with Crippen molar-refractivity contribution in [1.82, 2.24) is 5.32 Å². The van der Waals surface area contributed by atoms with Gasteiger partial charge in [0.1, 0.15) is 0 Å². The fraction of sp³-hybridized carbons (Fsp3) is 0.462. The van der Waals surface area contributed by atoms with Gasteiger partial charge in [-0.3, -0.25) is 4.79 Å². The molecule has 0 aromatic heterocycles. The number of carbonyl (C=O) groups is 1. The van der Waals surface area contributed by atoms with Crippen LogP contribution in [0.4, 0.5) is 14.5 Å². The smallest absolute Gasteiger partial charge is 0.387 e. The van der Waals surface area contributed by atoms with Gasteiger partial charge in [0.15, 0.2) is 5.75 Å². The van der Waals surface area contributed by atoms with Crippen molar-refractivity contribution in [2.75, 3.05) is 11.9 Å². The number of hydrogen-bond acceptors (Lipinski definition) is 3. The quantitative estimate of drug-likeness (QED) is 0.832. The van der Waals surface area contributed by atoms with Gasteiger partial charge < -0.3 is 15.4 Å². The molecule has 8 heteroatoms. The summed E-state index contributed by atoms with van der Waals surface area (Å²) < 4.78 is 29.6. The topological polar surface area (TPSA) is 50.4 Å². The number of carbonyl (C=O) groups excluding carboxylic acids is 1. The van der Waals surface area contributed by atoms with Crippen LogP contribution in [0, 0.1) is 0 Å². The average Bonchev–Trinajstić information content (AvgIpc) is 2.43. The van der Waals surface area contributed by atoms with E-state index in [1.165, 1.54) is 12.1 Å². The van der Waals surface area contributed by atoms with E-state index < -0.39 is 6.61 Å². The van der Waals surface area contributed by atoms with E-state index in [2.05, 4.69) is 31.3 Å². The normalized spacial score (nSPS) is 18.6. The fourth-order valence-electron chi connectivity index (χ4n) is 2.16. The van der Waals surface area contributed by atoms with E-state index in [1.54, 1.807) is 0 Å². The number of halogens is 4. The van der Waals surface area contributed by atoms with Crippen molar-refractivity contribution in [3.8, 4) is 5.75 Å². The second kappa shape index (κ2) is 7.38. The minimum absolute atomic E-state index is 0.118. The molecule has 1 fully saturated rings. The number of rotatable bonds is 4. The van der Waals surface area contributed by atoms with Crippen molar-refractivity contribution in [1.29, 1.82) is 0 Å². The Morgan fingerprint density at radius 3 is 2.86 bits per heavy atom. The average molecular weight is 384 g/mol. The van der Waals surface area contributed by atoms with Crippen LogP contribution in [-0.2, 0) is 4.79 Å². The summed E-state index contributed by atoms with van der Waals surface area (Å²) in [6, 6.07) is 2.47. The molecule has 1 amide bonds. The van der Waals surface area contributed by atoms with E-state index in [9.17, 15) is 13.6 Å². The number of benzene rings is 1. The third-order valence-electron chi connectivity index (χ3n) is 3.10. The van der Waals surface area contributed by atoms with Gasteiger partial charge in [0.05, 0.1) is 16.2 Å². The van der Waals surface area contributed by atoms with E-state index in [0.29, 0.717) is 11.4 Å². The number of anilines is 1. The second-order valence-electron chi connectivity index (χ2n) is 4.63. The van der Waals surface area contributed by atoms with E-state index >= 15 is 0 Å². The first-order valence-electron chi connectivity index (χ1n) is 6.45.